The molecule has 1 amide bonds. The van der Waals surface area contributed by atoms with Gasteiger partial charge in [0.2, 0.25) is 0 Å². The topological polar surface area (TPSA) is 70.5 Å². The van der Waals surface area contributed by atoms with Gasteiger partial charge >= 0.3 is 0 Å². The molecule has 2 aromatic carbocycles. The summed E-state index contributed by atoms with van der Waals surface area (Å²) in [4.78, 5) is 31.8. The van der Waals surface area contributed by atoms with E-state index in [9.17, 15) is 14.7 Å². The number of aliphatic hydroxyl groups is 1. The average Bonchev–Trinajstić information content (AvgIpc) is 2.99. The standard InChI is InChI=1S/C25H22N2O3/c1-16-9-11-18(12-10-16)23(28)21-22(19-7-5-6-17(2)14-19)27(25(30)24(21)29)15-20-8-3-4-13-26-20/h3-14,22,28H,15H2,1-2H3/b23-21-. The molecule has 5 nitrogen and oxygen atoms in total. The Labute approximate surface area is 175 Å². The maximum atomic E-state index is 13.0. The fourth-order valence-corrected chi connectivity index (χ4v) is 3.76. The second kappa shape index (κ2) is 7.95. The van der Waals surface area contributed by atoms with Crippen molar-refractivity contribution in [3.63, 3.8) is 0 Å². The van der Waals surface area contributed by atoms with E-state index in [-0.39, 0.29) is 17.9 Å². The highest BCUT2D eigenvalue weighted by Gasteiger charge is 2.46. The molecule has 5 heteroatoms. The van der Waals surface area contributed by atoms with E-state index < -0.39 is 17.7 Å². The molecule has 1 saturated heterocycles. The first-order valence-corrected chi connectivity index (χ1v) is 9.77. The maximum absolute atomic E-state index is 13.0. The van der Waals surface area contributed by atoms with Crippen LogP contribution >= 0.6 is 0 Å². The largest absolute Gasteiger partial charge is 0.507 e. The molecule has 150 valence electrons. The lowest BCUT2D eigenvalue weighted by Gasteiger charge is -2.25. The van der Waals surface area contributed by atoms with Gasteiger partial charge in [0.1, 0.15) is 5.76 Å². The Morgan fingerprint density at radius 3 is 2.40 bits per heavy atom. The summed E-state index contributed by atoms with van der Waals surface area (Å²) in [7, 11) is 0. The second-order valence-electron chi connectivity index (χ2n) is 7.53. The monoisotopic (exact) mass is 398 g/mol. The first-order chi connectivity index (χ1) is 14.5. The first-order valence-electron chi connectivity index (χ1n) is 9.77. The number of likely N-dealkylation sites (tertiary alicyclic amines) is 1. The summed E-state index contributed by atoms with van der Waals surface area (Å²) >= 11 is 0. The smallest absolute Gasteiger partial charge is 0.296 e. The number of amides is 1. The molecule has 2 heterocycles. The fraction of sp³-hybridized carbons (Fsp3) is 0.160. The Bertz CT molecular complexity index is 1130. The Morgan fingerprint density at radius 1 is 0.967 bits per heavy atom. The predicted molar refractivity (Wildman–Crippen MR) is 114 cm³/mol. The fourth-order valence-electron chi connectivity index (χ4n) is 3.76. The Hall–Kier alpha value is -3.73. The van der Waals surface area contributed by atoms with Crippen molar-refractivity contribution in [2.75, 3.05) is 0 Å². The van der Waals surface area contributed by atoms with Gasteiger partial charge in [0.05, 0.1) is 23.9 Å². The number of carbonyl (C=O) groups excluding carboxylic acids is 2. The van der Waals surface area contributed by atoms with Crippen LogP contribution in [0.5, 0.6) is 0 Å². The van der Waals surface area contributed by atoms with Crippen LogP contribution in [-0.4, -0.2) is 26.7 Å². The Balaban J connectivity index is 1.87. The normalized spacial score (nSPS) is 18.1. The molecule has 4 rings (SSSR count). The summed E-state index contributed by atoms with van der Waals surface area (Å²) in [6, 6.07) is 19.6. The molecule has 1 atom stereocenters. The number of benzene rings is 2. The van der Waals surface area contributed by atoms with Crippen LogP contribution in [-0.2, 0) is 16.1 Å². The highest BCUT2D eigenvalue weighted by molar-refractivity contribution is 6.46. The lowest BCUT2D eigenvalue weighted by atomic mass is 9.94. The van der Waals surface area contributed by atoms with Crippen molar-refractivity contribution in [1.82, 2.24) is 9.88 Å². The van der Waals surface area contributed by atoms with Crippen molar-refractivity contribution < 1.29 is 14.7 Å². The van der Waals surface area contributed by atoms with Crippen molar-refractivity contribution in [3.8, 4) is 0 Å². The van der Waals surface area contributed by atoms with E-state index in [1.807, 2.05) is 62.4 Å². The van der Waals surface area contributed by atoms with Gasteiger partial charge in [0, 0.05) is 11.8 Å². The van der Waals surface area contributed by atoms with Crippen molar-refractivity contribution in [3.05, 3.63) is 106 Å². The number of aliphatic hydroxyl groups excluding tert-OH is 1. The van der Waals surface area contributed by atoms with E-state index in [0.29, 0.717) is 11.3 Å². The molecule has 1 unspecified atom stereocenters. The summed E-state index contributed by atoms with van der Waals surface area (Å²) in [5.74, 6) is -1.49. The maximum Gasteiger partial charge on any atom is 0.296 e. The first kappa shape index (κ1) is 19.6. The molecular formula is C25H22N2O3. The summed E-state index contributed by atoms with van der Waals surface area (Å²) < 4.78 is 0. The summed E-state index contributed by atoms with van der Waals surface area (Å²) in [5.41, 5.74) is 4.11. The van der Waals surface area contributed by atoms with Gasteiger partial charge in [-0.15, -0.1) is 0 Å². The number of Topliss-reactive ketones (excluding diaryl/α,β-unsaturated/α-hetero) is 1. The van der Waals surface area contributed by atoms with Gasteiger partial charge in [-0.2, -0.15) is 0 Å². The number of nitrogens with zero attached hydrogens (tertiary/aromatic N) is 2. The van der Waals surface area contributed by atoms with Crippen LogP contribution in [0.2, 0.25) is 0 Å². The minimum absolute atomic E-state index is 0.102. The van der Waals surface area contributed by atoms with Gasteiger partial charge < -0.3 is 10.0 Å². The molecule has 0 radical (unpaired) electrons. The predicted octanol–water partition coefficient (Wildman–Crippen LogP) is 4.32. The van der Waals surface area contributed by atoms with Gasteiger partial charge in [-0.05, 0) is 31.5 Å². The van der Waals surface area contributed by atoms with E-state index in [4.69, 9.17) is 0 Å². The van der Waals surface area contributed by atoms with Crippen LogP contribution in [0.15, 0.2) is 78.5 Å². The molecule has 0 bridgehead atoms. The van der Waals surface area contributed by atoms with Gasteiger partial charge in [-0.3, -0.25) is 14.6 Å². The molecular weight excluding hydrogens is 376 g/mol. The van der Waals surface area contributed by atoms with Crippen LogP contribution in [0.25, 0.3) is 5.76 Å². The highest BCUT2D eigenvalue weighted by atomic mass is 16.3. The minimum Gasteiger partial charge on any atom is -0.507 e. The molecule has 0 spiro atoms. The number of carbonyl (C=O) groups is 2. The van der Waals surface area contributed by atoms with Crippen molar-refractivity contribution in [2.24, 2.45) is 0 Å². The van der Waals surface area contributed by atoms with Crippen LogP contribution in [0.3, 0.4) is 0 Å². The number of aromatic nitrogens is 1. The number of hydrogen-bond acceptors (Lipinski definition) is 4. The number of hydrogen-bond donors (Lipinski definition) is 1. The van der Waals surface area contributed by atoms with Crippen molar-refractivity contribution in [1.29, 1.82) is 0 Å². The van der Waals surface area contributed by atoms with Gasteiger partial charge in [0.25, 0.3) is 11.7 Å². The number of rotatable bonds is 4. The average molecular weight is 398 g/mol. The zero-order valence-corrected chi connectivity index (χ0v) is 16.9. The third kappa shape index (κ3) is 3.62. The van der Waals surface area contributed by atoms with Crippen LogP contribution < -0.4 is 0 Å². The second-order valence-corrected chi connectivity index (χ2v) is 7.53. The summed E-state index contributed by atoms with van der Waals surface area (Å²) in [6.45, 7) is 4.07. The molecule has 30 heavy (non-hydrogen) atoms. The molecule has 1 aliphatic heterocycles. The molecule has 1 N–H and O–H groups in total. The van der Waals surface area contributed by atoms with Gasteiger partial charge in [0.15, 0.2) is 0 Å². The lowest BCUT2D eigenvalue weighted by Crippen LogP contribution is -2.29. The highest BCUT2D eigenvalue weighted by Crippen LogP contribution is 2.40. The summed E-state index contributed by atoms with van der Waals surface area (Å²) in [5, 5.41) is 11.0. The molecule has 3 aromatic rings. The van der Waals surface area contributed by atoms with E-state index in [2.05, 4.69) is 4.98 Å². The Kier molecular flexibility index (Phi) is 5.19. The van der Waals surface area contributed by atoms with Gasteiger partial charge in [-0.1, -0.05) is 65.7 Å². The molecule has 0 saturated carbocycles. The Morgan fingerprint density at radius 2 is 1.73 bits per heavy atom. The van der Waals surface area contributed by atoms with E-state index in [0.717, 1.165) is 16.7 Å². The van der Waals surface area contributed by atoms with E-state index >= 15 is 0 Å². The number of ketones is 1. The quantitative estimate of drug-likeness (QED) is 0.404. The zero-order chi connectivity index (χ0) is 21.3. The molecule has 1 aliphatic rings. The van der Waals surface area contributed by atoms with E-state index in [1.54, 1.807) is 24.4 Å². The SMILES string of the molecule is Cc1ccc(/C(O)=C2/C(=O)C(=O)N(Cc3ccccn3)C2c2cccc(C)c2)cc1. The number of pyridine rings is 1. The minimum atomic E-state index is -0.687. The third-order valence-electron chi connectivity index (χ3n) is 5.28. The summed E-state index contributed by atoms with van der Waals surface area (Å²) in [6.07, 6.45) is 1.65. The van der Waals surface area contributed by atoms with Crippen molar-refractivity contribution >= 4 is 17.4 Å². The van der Waals surface area contributed by atoms with Crippen LogP contribution in [0.1, 0.15) is 34.0 Å². The molecule has 1 aromatic heterocycles. The third-order valence-corrected chi connectivity index (χ3v) is 5.28. The van der Waals surface area contributed by atoms with Crippen LogP contribution in [0, 0.1) is 13.8 Å². The van der Waals surface area contributed by atoms with E-state index in [1.165, 1.54) is 4.90 Å². The molecule has 0 aliphatic carbocycles. The van der Waals surface area contributed by atoms with Gasteiger partial charge in [-0.25, -0.2) is 0 Å². The zero-order valence-electron chi connectivity index (χ0n) is 16.9. The molecule has 1 fully saturated rings. The lowest BCUT2D eigenvalue weighted by molar-refractivity contribution is -0.140. The van der Waals surface area contributed by atoms with Crippen molar-refractivity contribution in [2.45, 2.75) is 26.4 Å². The number of aryl methyl sites for hydroxylation is 2. The van der Waals surface area contributed by atoms with Crippen LogP contribution in [0.4, 0.5) is 0 Å².